The summed E-state index contributed by atoms with van der Waals surface area (Å²) < 4.78 is 54.9. The first-order chi connectivity index (χ1) is 29.2. The lowest BCUT2D eigenvalue weighted by molar-refractivity contribution is 0.0644. The zero-order valence-corrected chi connectivity index (χ0v) is 49.2. The lowest BCUT2D eigenvalue weighted by Crippen LogP contribution is -2.50. The van der Waals surface area contributed by atoms with Crippen molar-refractivity contribution in [3.8, 4) is 0 Å². The molecule has 0 amide bonds. The zero-order chi connectivity index (χ0) is 44.2. The Labute approximate surface area is 406 Å². The van der Waals surface area contributed by atoms with Gasteiger partial charge in [-0.2, -0.15) is 11.8 Å². The third-order valence-corrected chi connectivity index (χ3v) is 34.4. The molecule has 0 saturated heterocycles. The van der Waals surface area contributed by atoms with E-state index in [0.717, 1.165) is 59.9 Å². The highest BCUT2D eigenvalue weighted by Crippen LogP contribution is 2.48. The molecule has 0 spiro atoms. The van der Waals surface area contributed by atoms with Crippen molar-refractivity contribution in [2.24, 2.45) is 17.8 Å². The molecule has 9 nitrogen and oxygen atoms in total. The second kappa shape index (κ2) is 40.3. The van der Waals surface area contributed by atoms with Crippen LogP contribution in [-0.4, -0.2) is 120 Å². The summed E-state index contributed by atoms with van der Waals surface area (Å²) in [6.07, 6.45) is 10.2. The fourth-order valence-corrected chi connectivity index (χ4v) is 30.2. The summed E-state index contributed by atoms with van der Waals surface area (Å²) in [7, 11) is 8.03. The second-order valence-electron chi connectivity index (χ2n) is 14.2. The standard InChI is InChI=1S/C39H84O9S9Si3/c1-11-40-58(41-12-2,42-13-3)32-20-27-50-54-56-52-30-25-38-23-22-37(24-29-49-35-36(10)60(46-17-7,47-18-8)48-19-9)34-39(38)26-31-53-57-55-51-28-21-33-59(43-14-4,44-15-5)45-16-6/h36-39H,11-35H2,1-10H3. The van der Waals surface area contributed by atoms with Gasteiger partial charge in [-0.25, -0.2) is 0 Å². The largest absolute Gasteiger partial charge is 0.504 e. The maximum absolute atomic E-state index is 6.21. The minimum absolute atomic E-state index is 0.293. The molecular formula is C39H84O9S9Si3. The number of hydrogen-bond donors (Lipinski definition) is 0. The molecule has 1 aliphatic carbocycles. The number of rotatable bonds is 44. The van der Waals surface area contributed by atoms with Crippen molar-refractivity contribution in [3.05, 3.63) is 0 Å². The summed E-state index contributed by atoms with van der Waals surface area (Å²) in [5.41, 5.74) is 0.293. The van der Waals surface area contributed by atoms with Gasteiger partial charge in [0.1, 0.15) is 0 Å². The van der Waals surface area contributed by atoms with Gasteiger partial charge in [-0.1, -0.05) is 56.5 Å². The summed E-state index contributed by atoms with van der Waals surface area (Å²) >= 11 is 2.07. The van der Waals surface area contributed by atoms with Crippen LogP contribution in [0.1, 0.15) is 121 Å². The van der Waals surface area contributed by atoms with Crippen molar-refractivity contribution < 1.29 is 39.8 Å². The van der Waals surface area contributed by atoms with Gasteiger partial charge < -0.3 is 39.8 Å². The van der Waals surface area contributed by atoms with Crippen LogP contribution in [0.3, 0.4) is 0 Å². The van der Waals surface area contributed by atoms with Gasteiger partial charge in [-0.3, -0.25) is 0 Å². The van der Waals surface area contributed by atoms with Crippen LogP contribution in [-0.2, 0) is 39.8 Å². The molecule has 0 N–H and O–H groups in total. The van der Waals surface area contributed by atoms with Gasteiger partial charge in [0.15, 0.2) is 0 Å². The van der Waals surface area contributed by atoms with Crippen LogP contribution in [0.5, 0.6) is 0 Å². The van der Waals surface area contributed by atoms with Gasteiger partial charge >= 0.3 is 26.4 Å². The van der Waals surface area contributed by atoms with E-state index < -0.39 is 26.4 Å². The van der Waals surface area contributed by atoms with Crippen molar-refractivity contribution in [3.63, 3.8) is 0 Å². The number of thioether (sulfide) groups is 1. The first-order valence-electron chi connectivity index (χ1n) is 22.7. The smallest absolute Gasteiger partial charge is 0.374 e. The maximum Gasteiger partial charge on any atom is 0.504 e. The van der Waals surface area contributed by atoms with E-state index in [1.54, 1.807) is 0 Å². The van der Waals surface area contributed by atoms with Gasteiger partial charge in [-0.15, -0.1) is 0 Å². The molecular weight excluding hydrogens is 985 g/mol. The van der Waals surface area contributed by atoms with E-state index in [9.17, 15) is 0 Å². The molecule has 0 aromatic carbocycles. The van der Waals surface area contributed by atoms with Crippen molar-refractivity contribution in [2.75, 3.05) is 94.0 Å². The molecule has 4 atom stereocenters. The molecule has 0 heterocycles. The predicted molar refractivity (Wildman–Crippen MR) is 286 cm³/mol. The Hall–Kier alpha value is 3.44. The van der Waals surface area contributed by atoms with Gasteiger partial charge in [0.25, 0.3) is 0 Å². The van der Waals surface area contributed by atoms with Crippen molar-refractivity contribution in [1.29, 1.82) is 0 Å². The molecule has 0 bridgehead atoms. The zero-order valence-electron chi connectivity index (χ0n) is 38.8. The van der Waals surface area contributed by atoms with Crippen LogP contribution < -0.4 is 0 Å². The third-order valence-electron chi connectivity index (χ3n) is 9.93. The highest BCUT2D eigenvalue weighted by molar-refractivity contribution is 9.26. The summed E-state index contributed by atoms with van der Waals surface area (Å²) in [6, 6.07) is 1.78. The van der Waals surface area contributed by atoms with E-state index in [1.807, 2.05) is 145 Å². The SMILES string of the molecule is CCO[Si](CCCSSSSCCC1CCC(CCSCC(C)[Si](OCC)(OCC)OCC)CC1CCSSSSCCC[Si](OCC)(OCC)OCC)(OCC)OCC. The Bertz CT molecular complexity index is 933. The summed E-state index contributed by atoms with van der Waals surface area (Å²) in [6.45, 7) is 26.3. The van der Waals surface area contributed by atoms with E-state index in [0.29, 0.717) is 65.0 Å². The molecule has 0 radical (unpaired) electrons. The van der Waals surface area contributed by atoms with Crippen molar-refractivity contribution in [2.45, 2.75) is 138 Å². The van der Waals surface area contributed by atoms with Gasteiger partial charge in [0.05, 0.1) is 0 Å². The van der Waals surface area contributed by atoms with Crippen molar-refractivity contribution >= 4 is 121 Å². The van der Waals surface area contributed by atoms with E-state index in [1.165, 1.54) is 55.8 Å². The Kier molecular flexibility index (Phi) is 41.3. The fourth-order valence-electron chi connectivity index (χ4n) is 7.50. The van der Waals surface area contributed by atoms with Crippen LogP contribution in [0.4, 0.5) is 0 Å². The Morgan fingerprint density at radius 3 is 1.23 bits per heavy atom. The van der Waals surface area contributed by atoms with Gasteiger partial charge in [0.2, 0.25) is 0 Å². The first-order valence-corrected chi connectivity index (χ1v) is 39.8. The van der Waals surface area contributed by atoms with Crippen LogP contribution in [0.15, 0.2) is 0 Å². The first kappa shape index (κ1) is 61.5. The lowest BCUT2D eigenvalue weighted by atomic mass is 9.71. The molecule has 60 heavy (non-hydrogen) atoms. The topological polar surface area (TPSA) is 83.1 Å². The molecule has 0 aromatic heterocycles. The third kappa shape index (κ3) is 26.8. The minimum Gasteiger partial charge on any atom is -0.374 e. The Balaban J connectivity index is 2.60. The average Bonchev–Trinajstić information content (AvgIpc) is 3.22. The molecule has 360 valence electrons. The summed E-state index contributed by atoms with van der Waals surface area (Å²) in [5, 5.41) is 0. The van der Waals surface area contributed by atoms with Crippen LogP contribution in [0, 0.1) is 17.8 Å². The summed E-state index contributed by atoms with van der Waals surface area (Å²) in [5.74, 6) is 9.34. The fraction of sp³-hybridized carbons (Fsp3) is 1.00. The van der Waals surface area contributed by atoms with E-state index in [2.05, 4.69) is 18.7 Å². The van der Waals surface area contributed by atoms with E-state index >= 15 is 0 Å². The van der Waals surface area contributed by atoms with E-state index in [-0.39, 0.29) is 0 Å². The maximum atomic E-state index is 6.21. The molecule has 1 aliphatic rings. The molecule has 21 heteroatoms. The van der Waals surface area contributed by atoms with E-state index in [4.69, 9.17) is 39.8 Å². The Morgan fingerprint density at radius 2 is 0.833 bits per heavy atom. The molecule has 1 saturated carbocycles. The summed E-state index contributed by atoms with van der Waals surface area (Å²) in [4.78, 5) is 0. The van der Waals surface area contributed by atoms with Crippen LogP contribution in [0.25, 0.3) is 0 Å². The quantitative estimate of drug-likeness (QED) is 0.0329. The van der Waals surface area contributed by atoms with Gasteiger partial charge in [0, 0.05) is 106 Å². The molecule has 0 aliphatic heterocycles. The molecule has 4 unspecified atom stereocenters. The van der Waals surface area contributed by atoms with Crippen molar-refractivity contribution in [1.82, 2.24) is 0 Å². The Morgan fingerprint density at radius 1 is 0.450 bits per heavy atom. The highest BCUT2D eigenvalue weighted by Gasteiger charge is 2.46. The van der Waals surface area contributed by atoms with Crippen LogP contribution >= 0.6 is 94.2 Å². The molecule has 1 fully saturated rings. The average molecular weight is 1070 g/mol. The predicted octanol–water partition coefficient (Wildman–Crippen LogP) is 14.6. The lowest BCUT2D eigenvalue weighted by Gasteiger charge is -2.36. The molecule has 0 aromatic rings. The second-order valence-corrected chi connectivity index (χ2v) is 36.3. The minimum atomic E-state index is -2.66. The molecule has 1 rings (SSSR count). The normalized spacial score (nSPS) is 18.4. The highest BCUT2D eigenvalue weighted by atomic mass is 33.7. The monoisotopic (exact) mass is 1070 g/mol. The van der Waals surface area contributed by atoms with Crippen LogP contribution in [0.2, 0.25) is 17.6 Å². The number of hydrogen-bond acceptors (Lipinski definition) is 18. The van der Waals surface area contributed by atoms with Gasteiger partial charge in [-0.05, 0) is 170 Å².